The zero-order chi connectivity index (χ0) is 18.7. The summed E-state index contributed by atoms with van der Waals surface area (Å²) in [6, 6.07) is 5.58. The predicted octanol–water partition coefficient (Wildman–Crippen LogP) is 3.97. The van der Waals surface area contributed by atoms with Crippen molar-refractivity contribution in [1.29, 1.82) is 0 Å². The van der Waals surface area contributed by atoms with Gasteiger partial charge in [-0.1, -0.05) is 11.6 Å². The second-order valence-corrected chi connectivity index (χ2v) is 7.96. The van der Waals surface area contributed by atoms with Crippen LogP contribution in [0.4, 0.5) is 0 Å². The highest BCUT2D eigenvalue weighted by atomic mass is 35.5. The van der Waals surface area contributed by atoms with Gasteiger partial charge in [0.15, 0.2) is 0 Å². The Balaban J connectivity index is 1.83. The molecule has 2 saturated heterocycles. The molecule has 2 aromatic heterocycles. The van der Waals surface area contributed by atoms with Crippen molar-refractivity contribution < 1.29 is 9.47 Å². The molecule has 2 aliphatic rings. The molecule has 7 heteroatoms. The maximum Gasteiger partial charge on any atom is 0.262 e. The van der Waals surface area contributed by atoms with Gasteiger partial charge in [-0.3, -0.25) is 4.79 Å². The molecular weight excluding hydrogens is 366 g/mol. The van der Waals surface area contributed by atoms with Crippen molar-refractivity contribution in [3.63, 3.8) is 0 Å². The highest BCUT2D eigenvalue weighted by Gasteiger charge is 2.33. The number of fused-ring (bicyclic) bond motifs is 3. The van der Waals surface area contributed by atoms with Crippen LogP contribution in [0.1, 0.15) is 44.1 Å². The lowest BCUT2D eigenvalue weighted by molar-refractivity contribution is -0.0402. The van der Waals surface area contributed by atoms with Crippen LogP contribution in [0, 0.1) is 6.92 Å². The van der Waals surface area contributed by atoms with E-state index < -0.39 is 0 Å². The molecule has 0 amide bonds. The smallest absolute Gasteiger partial charge is 0.262 e. The summed E-state index contributed by atoms with van der Waals surface area (Å²) >= 11 is 6.29. The Hall–Kier alpha value is -1.89. The average Bonchev–Trinajstić information content (AvgIpc) is 3.46. The minimum atomic E-state index is -0.113. The van der Waals surface area contributed by atoms with E-state index in [1.165, 1.54) is 0 Å². The zero-order valence-electron chi connectivity index (χ0n) is 15.4. The van der Waals surface area contributed by atoms with Crippen LogP contribution in [-0.4, -0.2) is 33.7 Å². The highest BCUT2D eigenvalue weighted by molar-refractivity contribution is 6.31. The Labute approximate surface area is 161 Å². The van der Waals surface area contributed by atoms with Crippen molar-refractivity contribution in [2.75, 3.05) is 13.2 Å². The van der Waals surface area contributed by atoms with E-state index in [4.69, 9.17) is 26.2 Å². The Morgan fingerprint density at radius 2 is 2.11 bits per heavy atom. The van der Waals surface area contributed by atoms with Gasteiger partial charge in [-0.2, -0.15) is 5.10 Å². The predicted molar refractivity (Wildman–Crippen MR) is 105 cm³/mol. The van der Waals surface area contributed by atoms with Crippen molar-refractivity contribution in [3.8, 4) is 0 Å². The Morgan fingerprint density at radius 1 is 1.30 bits per heavy atom. The molecule has 3 aromatic rings. The maximum atomic E-state index is 13.5. The van der Waals surface area contributed by atoms with Crippen LogP contribution in [0.2, 0.25) is 5.02 Å². The van der Waals surface area contributed by atoms with Crippen LogP contribution in [0.15, 0.2) is 23.0 Å². The third kappa shape index (κ3) is 2.70. The molecular formula is C20H22ClN3O3. The van der Waals surface area contributed by atoms with Crippen LogP contribution in [0.5, 0.6) is 0 Å². The molecule has 0 bridgehead atoms. The van der Waals surface area contributed by atoms with Gasteiger partial charge in [-0.05, 0) is 51.3 Å². The van der Waals surface area contributed by atoms with E-state index in [1.807, 2.05) is 41.3 Å². The zero-order valence-corrected chi connectivity index (χ0v) is 16.2. The molecule has 6 nitrogen and oxygen atoms in total. The Morgan fingerprint density at radius 3 is 2.81 bits per heavy atom. The van der Waals surface area contributed by atoms with Crippen LogP contribution >= 0.6 is 11.6 Å². The van der Waals surface area contributed by atoms with Crippen molar-refractivity contribution in [1.82, 2.24) is 14.3 Å². The van der Waals surface area contributed by atoms with E-state index in [1.54, 1.807) is 0 Å². The minimum absolute atomic E-state index is 0.0256. The first-order valence-corrected chi connectivity index (χ1v) is 9.90. The van der Waals surface area contributed by atoms with Crippen LogP contribution < -0.4 is 5.56 Å². The van der Waals surface area contributed by atoms with Gasteiger partial charge in [0, 0.05) is 17.0 Å². The lowest BCUT2D eigenvalue weighted by atomic mass is 10.1. The minimum Gasteiger partial charge on any atom is -0.371 e. The first-order chi connectivity index (χ1) is 13.1. The standard InChI is InChI=1S/C20H22ClN3O3/c1-11(16-10-27-16)23-15-7-6-13(21)9-14(15)19-18(20(23)25)12(2)24(22-19)17-5-3-4-8-26-17/h6-7,9,11,16-17H,3-5,8,10H2,1-2H3. The number of halogens is 1. The molecule has 4 heterocycles. The van der Waals surface area contributed by atoms with Crippen molar-refractivity contribution >= 4 is 33.4 Å². The normalized spacial score (nSPS) is 23.8. The van der Waals surface area contributed by atoms with Crippen LogP contribution in [0.25, 0.3) is 21.8 Å². The van der Waals surface area contributed by atoms with Gasteiger partial charge in [-0.15, -0.1) is 0 Å². The van der Waals surface area contributed by atoms with E-state index in [0.29, 0.717) is 22.5 Å². The molecule has 0 aliphatic carbocycles. The number of rotatable bonds is 3. The molecule has 3 unspecified atom stereocenters. The van der Waals surface area contributed by atoms with Crippen LogP contribution in [-0.2, 0) is 9.47 Å². The monoisotopic (exact) mass is 387 g/mol. The number of hydrogen-bond donors (Lipinski definition) is 0. The fourth-order valence-corrected chi connectivity index (χ4v) is 4.37. The first-order valence-electron chi connectivity index (χ1n) is 9.52. The number of epoxide rings is 1. The lowest BCUT2D eigenvalue weighted by Gasteiger charge is -2.23. The van der Waals surface area contributed by atoms with E-state index in [0.717, 1.165) is 42.5 Å². The van der Waals surface area contributed by atoms with Gasteiger partial charge in [-0.25, -0.2) is 4.68 Å². The topological polar surface area (TPSA) is 61.6 Å². The number of hydrogen-bond acceptors (Lipinski definition) is 4. The summed E-state index contributed by atoms with van der Waals surface area (Å²) in [7, 11) is 0. The van der Waals surface area contributed by atoms with E-state index in [2.05, 4.69) is 0 Å². The van der Waals surface area contributed by atoms with Crippen molar-refractivity contribution in [2.45, 2.75) is 51.5 Å². The molecule has 0 saturated carbocycles. The summed E-state index contributed by atoms with van der Waals surface area (Å²) in [5.41, 5.74) is 2.36. The average molecular weight is 388 g/mol. The number of ether oxygens (including phenoxy) is 2. The SMILES string of the molecule is Cc1c2c(=O)n(C(C)C3CO3)c3ccc(Cl)cc3c2nn1C1CCCCO1. The molecule has 3 atom stereocenters. The van der Waals surface area contributed by atoms with Crippen molar-refractivity contribution in [2.24, 2.45) is 0 Å². The summed E-state index contributed by atoms with van der Waals surface area (Å²) in [6.07, 6.45) is 3.05. The maximum absolute atomic E-state index is 13.5. The van der Waals surface area contributed by atoms with Gasteiger partial charge in [0.1, 0.15) is 17.8 Å². The first kappa shape index (κ1) is 17.2. The van der Waals surface area contributed by atoms with E-state index in [-0.39, 0.29) is 23.9 Å². The molecule has 1 aromatic carbocycles. The van der Waals surface area contributed by atoms with Crippen LogP contribution in [0.3, 0.4) is 0 Å². The second kappa shape index (κ2) is 6.33. The van der Waals surface area contributed by atoms with E-state index in [9.17, 15) is 4.79 Å². The second-order valence-electron chi connectivity index (χ2n) is 7.52. The fraction of sp³-hybridized carbons (Fsp3) is 0.500. The van der Waals surface area contributed by atoms with Gasteiger partial charge in [0.25, 0.3) is 5.56 Å². The molecule has 2 aliphatic heterocycles. The molecule has 0 spiro atoms. The van der Waals surface area contributed by atoms with Gasteiger partial charge in [0.05, 0.1) is 29.2 Å². The lowest BCUT2D eigenvalue weighted by Crippen LogP contribution is -2.27. The Bertz CT molecular complexity index is 1090. The summed E-state index contributed by atoms with van der Waals surface area (Å²) in [5.74, 6) is 0. The third-order valence-electron chi connectivity index (χ3n) is 5.79. The largest absolute Gasteiger partial charge is 0.371 e. The summed E-state index contributed by atoms with van der Waals surface area (Å²) in [4.78, 5) is 13.5. The molecule has 27 heavy (non-hydrogen) atoms. The number of nitrogens with zero attached hydrogens (tertiary/aromatic N) is 3. The van der Waals surface area contributed by atoms with Gasteiger partial charge >= 0.3 is 0 Å². The molecule has 0 radical (unpaired) electrons. The third-order valence-corrected chi connectivity index (χ3v) is 6.02. The molecule has 0 N–H and O–H groups in total. The fourth-order valence-electron chi connectivity index (χ4n) is 4.20. The highest BCUT2D eigenvalue weighted by Crippen LogP contribution is 2.33. The number of aryl methyl sites for hydroxylation is 1. The number of pyridine rings is 1. The molecule has 2 fully saturated rings. The summed E-state index contributed by atoms with van der Waals surface area (Å²) < 4.78 is 15.1. The number of benzene rings is 1. The van der Waals surface area contributed by atoms with Gasteiger partial charge in [0.2, 0.25) is 0 Å². The molecule has 142 valence electrons. The quantitative estimate of drug-likeness (QED) is 0.638. The van der Waals surface area contributed by atoms with Gasteiger partial charge < -0.3 is 14.0 Å². The Kier molecular flexibility index (Phi) is 4.04. The van der Waals surface area contributed by atoms with E-state index >= 15 is 0 Å². The summed E-state index contributed by atoms with van der Waals surface area (Å²) in [6.45, 7) is 5.40. The van der Waals surface area contributed by atoms with Crippen molar-refractivity contribution in [3.05, 3.63) is 39.3 Å². The number of aromatic nitrogens is 3. The molecule has 5 rings (SSSR count). The summed E-state index contributed by atoms with van der Waals surface area (Å²) in [5, 5.41) is 6.98.